The van der Waals surface area contributed by atoms with Gasteiger partial charge in [0.25, 0.3) is 0 Å². The van der Waals surface area contributed by atoms with Crippen LogP contribution >= 0.6 is 0 Å². The molecule has 1 aliphatic heterocycles. The molecule has 1 saturated heterocycles. The fraction of sp³-hybridized carbons (Fsp3) is 1.00. The zero-order chi connectivity index (χ0) is 10.5. The fourth-order valence-electron chi connectivity index (χ4n) is 2.62. The van der Waals surface area contributed by atoms with E-state index in [4.69, 9.17) is 5.73 Å². The molecule has 0 aromatic heterocycles. The Morgan fingerprint density at radius 3 is 2.53 bits per heavy atom. The molecule has 3 N–H and O–H groups in total. The Morgan fingerprint density at radius 2 is 1.87 bits per heavy atom. The molecule has 0 amide bonds. The largest absolute Gasteiger partial charge is 0.328 e. The lowest BCUT2D eigenvalue weighted by atomic mass is 9.88. The molecule has 88 valence electrons. The molecule has 15 heavy (non-hydrogen) atoms. The molecule has 1 saturated carbocycles. The summed E-state index contributed by atoms with van der Waals surface area (Å²) in [6.45, 7) is 5.11. The Morgan fingerprint density at radius 1 is 1.13 bits per heavy atom. The maximum Gasteiger partial charge on any atom is 0.00965 e. The van der Waals surface area contributed by atoms with E-state index in [2.05, 4.69) is 10.2 Å². The third kappa shape index (κ3) is 3.74. The lowest BCUT2D eigenvalue weighted by molar-refractivity contribution is 0.220. The van der Waals surface area contributed by atoms with Gasteiger partial charge in [0.15, 0.2) is 0 Å². The first-order valence-electron chi connectivity index (χ1n) is 6.56. The average Bonchev–Trinajstić information content (AvgIpc) is 2.23. The van der Waals surface area contributed by atoms with Crippen LogP contribution in [0.25, 0.3) is 0 Å². The van der Waals surface area contributed by atoms with Crippen molar-refractivity contribution in [1.82, 2.24) is 10.2 Å². The van der Waals surface area contributed by atoms with Crippen LogP contribution in [-0.2, 0) is 0 Å². The maximum atomic E-state index is 5.74. The van der Waals surface area contributed by atoms with E-state index in [1.807, 2.05) is 0 Å². The second-order valence-corrected chi connectivity index (χ2v) is 5.14. The van der Waals surface area contributed by atoms with Gasteiger partial charge in [-0.2, -0.15) is 0 Å². The van der Waals surface area contributed by atoms with Crippen LogP contribution < -0.4 is 11.1 Å². The molecule has 0 atom stereocenters. The number of hydrogen-bond donors (Lipinski definition) is 2. The first-order valence-corrected chi connectivity index (χ1v) is 6.56. The van der Waals surface area contributed by atoms with E-state index in [-0.39, 0.29) is 0 Å². The van der Waals surface area contributed by atoms with Gasteiger partial charge < -0.3 is 16.0 Å². The zero-order valence-corrected chi connectivity index (χ0v) is 9.75. The van der Waals surface area contributed by atoms with Gasteiger partial charge in [0.05, 0.1) is 0 Å². The van der Waals surface area contributed by atoms with Gasteiger partial charge in [0, 0.05) is 12.1 Å². The first kappa shape index (κ1) is 11.4. The van der Waals surface area contributed by atoms with E-state index in [0.29, 0.717) is 6.04 Å². The van der Waals surface area contributed by atoms with Crippen molar-refractivity contribution in [3.63, 3.8) is 0 Å². The van der Waals surface area contributed by atoms with Crippen LogP contribution in [0.2, 0.25) is 0 Å². The summed E-state index contributed by atoms with van der Waals surface area (Å²) in [6.07, 6.45) is 7.92. The predicted octanol–water partition coefficient (Wildman–Crippen LogP) is 0.942. The Hall–Kier alpha value is -0.120. The normalized spacial score (nSPS) is 32.6. The van der Waals surface area contributed by atoms with Crippen LogP contribution in [0.5, 0.6) is 0 Å². The molecule has 2 fully saturated rings. The lowest BCUT2D eigenvalue weighted by Gasteiger charge is -2.33. The molecule has 0 bridgehead atoms. The number of nitrogens with zero attached hydrogens (tertiary/aromatic N) is 1. The molecular weight excluding hydrogens is 186 g/mol. The predicted molar refractivity (Wildman–Crippen MR) is 63.9 cm³/mol. The first-order chi connectivity index (χ1) is 7.34. The van der Waals surface area contributed by atoms with Crippen LogP contribution in [0.15, 0.2) is 0 Å². The summed E-state index contributed by atoms with van der Waals surface area (Å²) in [6, 6.07) is 1.20. The molecule has 1 heterocycles. The number of nitrogens with two attached hydrogens (primary N) is 1. The van der Waals surface area contributed by atoms with Crippen molar-refractivity contribution in [3.05, 3.63) is 0 Å². The third-order valence-corrected chi connectivity index (χ3v) is 3.71. The molecule has 3 heteroatoms. The van der Waals surface area contributed by atoms with Crippen molar-refractivity contribution in [3.8, 4) is 0 Å². The second-order valence-electron chi connectivity index (χ2n) is 5.14. The van der Waals surface area contributed by atoms with Gasteiger partial charge in [-0.3, -0.25) is 0 Å². The third-order valence-electron chi connectivity index (χ3n) is 3.71. The van der Waals surface area contributed by atoms with Gasteiger partial charge in [-0.15, -0.1) is 0 Å². The topological polar surface area (TPSA) is 41.3 Å². The SMILES string of the molecule is NC1CC(NCCCN2CCCCC2)C1. The molecular formula is C12H25N3. The van der Waals surface area contributed by atoms with Crippen molar-refractivity contribution in [2.75, 3.05) is 26.2 Å². The summed E-state index contributed by atoms with van der Waals surface area (Å²) in [5.74, 6) is 0. The highest BCUT2D eigenvalue weighted by molar-refractivity contribution is 4.87. The second kappa shape index (κ2) is 5.83. The van der Waals surface area contributed by atoms with Gasteiger partial charge in [-0.05, 0) is 58.3 Å². The van der Waals surface area contributed by atoms with Crippen LogP contribution in [0, 0.1) is 0 Å². The minimum atomic E-state index is 0.476. The zero-order valence-electron chi connectivity index (χ0n) is 9.75. The Bertz CT molecular complexity index is 172. The molecule has 3 nitrogen and oxygen atoms in total. The van der Waals surface area contributed by atoms with Crippen molar-refractivity contribution in [1.29, 1.82) is 0 Å². The van der Waals surface area contributed by atoms with E-state index in [1.54, 1.807) is 0 Å². The maximum absolute atomic E-state index is 5.74. The minimum absolute atomic E-state index is 0.476. The number of nitrogens with one attached hydrogen (secondary N) is 1. The summed E-state index contributed by atoms with van der Waals surface area (Å²) in [4.78, 5) is 2.61. The van der Waals surface area contributed by atoms with E-state index >= 15 is 0 Å². The highest BCUT2D eigenvalue weighted by Gasteiger charge is 2.24. The monoisotopic (exact) mass is 211 g/mol. The molecule has 2 rings (SSSR count). The summed E-state index contributed by atoms with van der Waals surface area (Å²) in [5, 5.41) is 3.58. The summed E-state index contributed by atoms with van der Waals surface area (Å²) in [7, 11) is 0. The quantitative estimate of drug-likeness (QED) is 0.665. The molecule has 2 aliphatic rings. The van der Waals surface area contributed by atoms with Crippen molar-refractivity contribution >= 4 is 0 Å². The van der Waals surface area contributed by atoms with E-state index < -0.39 is 0 Å². The molecule has 1 aliphatic carbocycles. The van der Waals surface area contributed by atoms with Gasteiger partial charge in [0.2, 0.25) is 0 Å². The Balaban J connectivity index is 1.44. The average molecular weight is 211 g/mol. The van der Waals surface area contributed by atoms with E-state index in [1.165, 1.54) is 64.7 Å². The highest BCUT2D eigenvalue weighted by atomic mass is 15.1. The number of hydrogen-bond acceptors (Lipinski definition) is 3. The smallest absolute Gasteiger partial charge is 0.00965 e. The fourth-order valence-corrected chi connectivity index (χ4v) is 2.62. The molecule has 0 aromatic carbocycles. The van der Waals surface area contributed by atoms with Crippen LogP contribution in [-0.4, -0.2) is 43.2 Å². The van der Waals surface area contributed by atoms with Crippen molar-refractivity contribution in [2.45, 2.75) is 50.6 Å². The lowest BCUT2D eigenvalue weighted by Crippen LogP contribution is -2.48. The summed E-state index contributed by atoms with van der Waals surface area (Å²) in [5.41, 5.74) is 5.74. The Kier molecular flexibility index (Phi) is 4.42. The number of piperidine rings is 1. The van der Waals surface area contributed by atoms with Gasteiger partial charge >= 0.3 is 0 Å². The van der Waals surface area contributed by atoms with Crippen molar-refractivity contribution in [2.24, 2.45) is 5.73 Å². The molecule has 0 unspecified atom stereocenters. The molecule has 0 radical (unpaired) electrons. The van der Waals surface area contributed by atoms with Crippen molar-refractivity contribution < 1.29 is 0 Å². The number of rotatable bonds is 5. The standard InChI is InChI=1S/C12H25N3/c13-11-9-12(10-11)14-5-4-8-15-6-2-1-3-7-15/h11-12,14H,1-10,13H2. The minimum Gasteiger partial charge on any atom is -0.328 e. The van der Waals surface area contributed by atoms with E-state index in [9.17, 15) is 0 Å². The molecule has 0 aromatic rings. The van der Waals surface area contributed by atoms with Gasteiger partial charge in [-0.25, -0.2) is 0 Å². The van der Waals surface area contributed by atoms with Crippen LogP contribution in [0.4, 0.5) is 0 Å². The van der Waals surface area contributed by atoms with E-state index in [0.717, 1.165) is 6.04 Å². The van der Waals surface area contributed by atoms with Gasteiger partial charge in [-0.1, -0.05) is 6.42 Å². The summed E-state index contributed by atoms with van der Waals surface area (Å²) < 4.78 is 0. The molecule has 0 spiro atoms. The van der Waals surface area contributed by atoms with Crippen LogP contribution in [0.3, 0.4) is 0 Å². The highest BCUT2D eigenvalue weighted by Crippen LogP contribution is 2.17. The Labute approximate surface area is 93.4 Å². The van der Waals surface area contributed by atoms with Crippen LogP contribution in [0.1, 0.15) is 38.5 Å². The van der Waals surface area contributed by atoms with Gasteiger partial charge in [0.1, 0.15) is 0 Å². The number of likely N-dealkylation sites (tertiary alicyclic amines) is 1. The summed E-state index contributed by atoms with van der Waals surface area (Å²) >= 11 is 0.